The quantitative estimate of drug-likeness (QED) is 0.458. The molecule has 10 heteroatoms. The number of carbonyl (C=O) groups excluding carboxylic acids is 2. The fourth-order valence-corrected chi connectivity index (χ4v) is 3.62. The maximum Gasteiger partial charge on any atom is 0.324 e. The van der Waals surface area contributed by atoms with E-state index in [0.29, 0.717) is 35.1 Å². The number of nitrogens with zero attached hydrogens (tertiary/aromatic N) is 2. The molecule has 4 rings (SSSR count). The average molecular weight is 450 g/mol. The van der Waals surface area contributed by atoms with Crippen molar-refractivity contribution in [2.75, 3.05) is 24.9 Å². The molecule has 2 atom stereocenters. The highest BCUT2D eigenvalue weighted by atomic mass is 16.5. The first-order chi connectivity index (χ1) is 16.0. The second-order valence-electron chi connectivity index (χ2n) is 7.62. The number of carbonyl (C=O) groups is 2. The number of benzene rings is 2. The second kappa shape index (κ2) is 9.61. The molecule has 2 heterocycles. The minimum absolute atomic E-state index is 0.0402. The molecule has 2 aromatic carbocycles. The van der Waals surface area contributed by atoms with Gasteiger partial charge in [0.05, 0.1) is 19.9 Å². The molecule has 3 aromatic rings. The maximum absolute atomic E-state index is 12.8. The van der Waals surface area contributed by atoms with E-state index in [1.165, 1.54) is 7.11 Å². The van der Waals surface area contributed by atoms with Gasteiger partial charge >= 0.3 is 6.03 Å². The van der Waals surface area contributed by atoms with Crippen molar-refractivity contribution in [2.45, 2.75) is 25.7 Å². The maximum atomic E-state index is 12.8. The average Bonchev–Trinajstić information content (AvgIpc) is 3.22. The van der Waals surface area contributed by atoms with Crippen LogP contribution in [0.1, 0.15) is 19.6 Å². The Morgan fingerprint density at radius 1 is 1.06 bits per heavy atom. The number of aromatic nitrogens is 2. The Hall–Kier alpha value is -4.05. The molecule has 33 heavy (non-hydrogen) atoms. The summed E-state index contributed by atoms with van der Waals surface area (Å²) >= 11 is 0. The summed E-state index contributed by atoms with van der Waals surface area (Å²) in [6.07, 6.45) is -0.235. The van der Waals surface area contributed by atoms with Crippen molar-refractivity contribution in [3.63, 3.8) is 0 Å². The summed E-state index contributed by atoms with van der Waals surface area (Å²) in [6, 6.07) is 15.9. The number of hydrogen-bond donors (Lipinski definition) is 4. The van der Waals surface area contributed by atoms with Crippen molar-refractivity contribution in [2.24, 2.45) is 0 Å². The van der Waals surface area contributed by atoms with Crippen LogP contribution in [0, 0.1) is 0 Å². The summed E-state index contributed by atoms with van der Waals surface area (Å²) in [5, 5.41) is 16.4. The van der Waals surface area contributed by atoms with Crippen molar-refractivity contribution >= 4 is 23.4 Å². The van der Waals surface area contributed by atoms with Crippen LogP contribution < -0.4 is 30.7 Å². The third kappa shape index (κ3) is 5.07. The normalized spacial score (nSPS) is 17.7. The lowest BCUT2D eigenvalue weighted by Gasteiger charge is -2.30. The molecule has 0 radical (unpaired) electrons. The molecule has 10 nitrogen and oxygen atoms in total. The number of urea groups is 1. The van der Waals surface area contributed by atoms with Crippen LogP contribution in [0.2, 0.25) is 0 Å². The summed E-state index contributed by atoms with van der Waals surface area (Å²) in [5.41, 5.74) is 2.07. The van der Waals surface area contributed by atoms with E-state index >= 15 is 0 Å². The van der Waals surface area contributed by atoms with Crippen molar-refractivity contribution in [3.8, 4) is 22.8 Å². The van der Waals surface area contributed by atoms with Gasteiger partial charge in [-0.15, -0.1) is 0 Å². The molecule has 1 aliphatic rings. The number of anilines is 2. The Balaban J connectivity index is 1.59. The first-order valence-corrected chi connectivity index (χ1v) is 10.5. The van der Waals surface area contributed by atoms with Crippen LogP contribution in [0.3, 0.4) is 0 Å². The number of hydrogen-bond acceptors (Lipinski definition) is 6. The lowest BCUT2D eigenvalue weighted by Crippen LogP contribution is -2.52. The highest BCUT2D eigenvalue weighted by Gasteiger charge is 2.27. The molecule has 0 saturated carbocycles. The van der Waals surface area contributed by atoms with Crippen molar-refractivity contribution in [3.05, 3.63) is 54.6 Å². The molecule has 3 amide bonds. The summed E-state index contributed by atoms with van der Waals surface area (Å²) < 4.78 is 12.1. The number of nitrogens with one attached hydrogen (secondary N) is 4. The Labute approximate surface area is 191 Å². The minimum Gasteiger partial charge on any atom is -0.493 e. The Morgan fingerprint density at radius 2 is 1.82 bits per heavy atom. The van der Waals surface area contributed by atoms with Crippen molar-refractivity contribution in [1.29, 1.82) is 0 Å². The topological polar surface area (TPSA) is 119 Å². The Morgan fingerprint density at radius 3 is 2.52 bits per heavy atom. The van der Waals surface area contributed by atoms with E-state index in [4.69, 9.17) is 9.47 Å². The van der Waals surface area contributed by atoms with E-state index in [1.807, 2.05) is 37.3 Å². The van der Waals surface area contributed by atoms with Crippen molar-refractivity contribution < 1.29 is 19.1 Å². The Kier molecular flexibility index (Phi) is 6.45. The van der Waals surface area contributed by atoms with E-state index in [1.54, 1.807) is 36.1 Å². The molecule has 4 N–H and O–H groups in total. The zero-order valence-electron chi connectivity index (χ0n) is 18.6. The summed E-state index contributed by atoms with van der Waals surface area (Å²) in [4.78, 5) is 24.9. The molecular formula is C23H26N6O4. The molecule has 0 bridgehead atoms. The van der Waals surface area contributed by atoms with E-state index in [-0.39, 0.29) is 11.9 Å². The van der Waals surface area contributed by atoms with Gasteiger partial charge in [0.1, 0.15) is 5.82 Å². The number of rotatable bonds is 6. The zero-order chi connectivity index (χ0) is 23.4. The van der Waals surface area contributed by atoms with Gasteiger partial charge < -0.3 is 20.1 Å². The summed E-state index contributed by atoms with van der Waals surface area (Å²) in [7, 11) is 3.07. The molecule has 0 spiro atoms. The van der Waals surface area contributed by atoms with Gasteiger partial charge in [-0.2, -0.15) is 5.10 Å². The highest BCUT2D eigenvalue weighted by Crippen LogP contribution is 2.30. The summed E-state index contributed by atoms with van der Waals surface area (Å²) in [5.74, 6) is 1.37. The standard InChI is InChI=1S/C23H26N6O4/c1-14-11-21(30)27-22(24-14)29-20(13-17(28-29)15-7-5-4-6-8-15)26-23(31)25-16-9-10-18(32-2)19(12-16)33-3/h4-10,12-14,22,24H,11H2,1-3H3,(H,27,30)(H2,25,26,31). The van der Waals surface area contributed by atoms with Crippen LogP contribution in [-0.4, -0.2) is 42.0 Å². The van der Waals surface area contributed by atoms with Gasteiger partial charge in [0.25, 0.3) is 0 Å². The monoisotopic (exact) mass is 450 g/mol. The van der Waals surface area contributed by atoms with Crippen LogP contribution in [0.25, 0.3) is 11.3 Å². The van der Waals surface area contributed by atoms with Crippen LogP contribution in [-0.2, 0) is 4.79 Å². The largest absolute Gasteiger partial charge is 0.493 e. The third-order valence-corrected chi connectivity index (χ3v) is 5.16. The third-order valence-electron chi connectivity index (χ3n) is 5.16. The Bertz CT molecular complexity index is 1150. The molecular weight excluding hydrogens is 424 g/mol. The van der Waals surface area contributed by atoms with Crippen LogP contribution in [0.4, 0.5) is 16.3 Å². The molecule has 2 unspecified atom stereocenters. The first kappa shape index (κ1) is 22.2. The number of amides is 3. The van der Waals surface area contributed by atoms with Gasteiger partial charge in [0, 0.05) is 35.8 Å². The van der Waals surface area contributed by atoms with Crippen LogP contribution in [0.5, 0.6) is 11.5 Å². The fourth-order valence-electron chi connectivity index (χ4n) is 3.62. The van der Waals surface area contributed by atoms with Gasteiger partial charge in [-0.1, -0.05) is 30.3 Å². The number of ether oxygens (including phenoxy) is 2. The molecule has 1 aliphatic heterocycles. The van der Waals surface area contributed by atoms with E-state index in [2.05, 4.69) is 26.4 Å². The van der Waals surface area contributed by atoms with Gasteiger partial charge in [0.2, 0.25) is 5.91 Å². The van der Waals surface area contributed by atoms with Crippen LogP contribution >= 0.6 is 0 Å². The smallest absolute Gasteiger partial charge is 0.324 e. The fraction of sp³-hybridized carbons (Fsp3) is 0.261. The lowest BCUT2D eigenvalue weighted by atomic mass is 10.2. The SMILES string of the molecule is COc1ccc(NC(=O)Nc2cc(-c3ccccc3)nn2C2NC(=O)CC(C)N2)cc1OC. The second-order valence-corrected chi connectivity index (χ2v) is 7.62. The first-order valence-electron chi connectivity index (χ1n) is 10.5. The predicted octanol–water partition coefficient (Wildman–Crippen LogP) is 3.17. The molecule has 0 aliphatic carbocycles. The zero-order valence-corrected chi connectivity index (χ0v) is 18.6. The highest BCUT2D eigenvalue weighted by molar-refractivity contribution is 5.99. The minimum atomic E-state index is -0.602. The van der Waals surface area contributed by atoms with Gasteiger partial charge in [-0.25, -0.2) is 9.48 Å². The van der Waals surface area contributed by atoms with E-state index < -0.39 is 12.3 Å². The lowest BCUT2D eigenvalue weighted by molar-refractivity contribution is -0.125. The summed E-state index contributed by atoms with van der Waals surface area (Å²) in [6.45, 7) is 1.92. The predicted molar refractivity (Wildman–Crippen MR) is 124 cm³/mol. The van der Waals surface area contributed by atoms with Gasteiger partial charge in [-0.3, -0.25) is 15.4 Å². The molecule has 1 saturated heterocycles. The molecule has 1 fully saturated rings. The molecule has 172 valence electrons. The van der Waals surface area contributed by atoms with E-state index in [9.17, 15) is 9.59 Å². The van der Waals surface area contributed by atoms with Crippen molar-refractivity contribution in [1.82, 2.24) is 20.4 Å². The van der Waals surface area contributed by atoms with Gasteiger partial charge in [-0.05, 0) is 19.1 Å². The van der Waals surface area contributed by atoms with E-state index in [0.717, 1.165) is 5.56 Å². The van der Waals surface area contributed by atoms with Crippen LogP contribution in [0.15, 0.2) is 54.6 Å². The number of methoxy groups -OCH3 is 2. The molecule has 1 aromatic heterocycles. The van der Waals surface area contributed by atoms with Gasteiger partial charge in [0.15, 0.2) is 17.8 Å².